The van der Waals surface area contributed by atoms with E-state index in [1.165, 1.54) is 6.92 Å². The third-order valence-corrected chi connectivity index (χ3v) is 5.93. The van der Waals surface area contributed by atoms with Crippen LogP contribution in [0.1, 0.15) is 23.0 Å². The number of nitrogens with zero attached hydrogens (tertiary/aromatic N) is 3. The van der Waals surface area contributed by atoms with Crippen LogP contribution in [-0.2, 0) is 18.4 Å². The number of amides is 1. The molecule has 2 heterocycles. The molecule has 0 radical (unpaired) electrons. The van der Waals surface area contributed by atoms with Gasteiger partial charge in [-0.25, -0.2) is 9.78 Å². The van der Waals surface area contributed by atoms with Gasteiger partial charge in [0.1, 0.15) is 0 Å². The third-order valence-electron chi connectivity index (χ3n) is 4.85. The molecule has 8 heteroatoms. The number of thiazole rings is 1. The van der Waals surface area contributed by atoms with Crippen LogP contribution >= 0.6 is 11.3 Å². The zero-order valence-corrected chi connectivity index (χ0v) is 17.4. The van der Waals surface area contributed by atoms with Crippen molar-refractivity contribution >= 4 is 39.2 Å². The van der Waals surface area contributed by atoms with Crippen LogP contribution in [0.3, 0.4) is 0 Å². The lowest BCUT2D eigenvalue weighted by atomic mass is 10.1. The van der Waals surface area contributed by atoms with E-state index in [-0.39, 0.29) is 30.3 Å². The first-order chi connectivity index (χ1) is 14.5. The Hall–Kier alpha value is -3.52. The van der Waals surface area contributed by atoms with Crippen LogP contribution < -0.4 is 11.0 Å². The number of carbonyl (C=O) groups excluding carboxylic acids is 2. The first kappa shape index (κ1) is 19.8. The Balaban J connectivity index is 1.52. The highest BCUT2D eigenvalue weighted by Crippen LogP contribution is 2.31. The van der Waals surface area contributed by atoms with Gasteiger partial charge in [-0.05, 0) is 12.1 Å². The first-order valence-electron chi connectivity index (χ1n) is 9.47. The molecule has 2 aromatic carbocycles. The maximum Gasteiger partial charge on any atom is 0.328 e. The monoisotopic (exact) mass is 420 g/mol. The lowest BCUT2D eigenvalue weighted by Crippen LogP contribution is -2.24. The average Bonchev–Trinajstić information content (AvgIpc) is 3.27. The summed E-state index contributed by atoms with van der Waals surface area (Å²) in [5, 5.41) is 3.14. The molecule has 0 atom stereocenters. The molecular weight excluding hydrogens is 400 g/mol. The Morgan fingerprint density at radius 3 is 2.40 bits per heavy atom. The van der Waals surface area contributed by atoms with Crippen LogP contribution in [0.15, 0.2) is 59.4 Å². The summed E-state index contributed by atoms with van der Waals surface area (Å²) in [6, 6.07) is 16.9. The van der Waals surface area contributed by atoms with Gasteiger partial charge in [-0.2, -0.15) is 0 Å². The summed E-state index contributed by atoms with van der Waals surface area (Å²) >= 11 is 1.16. The van der Waals surface area contributed by atoms with E-state index in [0.717, 1.165) is 27.9 Å². The van der Waals surface area contributed by atoms with Crippen molar-refractivity contribution in [3.8, 4) is 11.3 Å². The van der Waals surface area contributed by atoms with Gasteiger partial charge >= 0.3 is 5.69 Å². The number of benzene rings is 2. The van der Waals surface area contributed by atoms with Crippen molar-refractivity contribution in [1.29, 1.82) is 0 Å². The largest absolute Gasteiger partial charge is 0.328 e. The molecule has 0 aliphatic rings. The molecular formula is C22H20N4O3S. The van der Waals surface area contributed by atoms with Crippen LogP contribution in [0.4, 0.5) is 5.13 Å². The number of imidazole rings is 1. The normalized spacial score (nSPS) is 11.0. The molecule has 30 heavy (non-hydrogen) atoms. The van der Waals surface area contributed by atoms with E-state index >= 15 is 0 Å². The average molecular weight is 420 g/mol. The fourth-order valence-corrected chi connectivity index (χ4v) is 4.28. The van der Waals surface area contributed by atoms with Gasteiger partial charge in [-0.15, -0.1) is 0 Å². The molecule has 0 aliphatic heterocycles. The van der Waals surface area contributed by atoms with Crippen molar-refractivity contribution in [2.75, 3.05) is 5.32 Å². The van der Waals surface area contributed by atoms with Crippen LogP contribution in [0.5, 0.6) is 0 Å². The summed E-state index contributed by atoms with van der Waals surface area (Å²) in [6.45, 7) is 1.74. The number of aromatic nitrogens is 3. The van der Waals surface area contributed by atoms with Crippen LogP contribution in [0.2, 0.25) is 0 Å². The number of hydrogen-bond donors (Lipinski definition) is 1. The van der Waals surface area contributed by atoms with Crippen LogP contribution in [-0.4, -0.2) is 25.8 Å². The minimum atomic E-state index is -0.265. The maximum absolute atomic E-state index is 12.5. The highest BCUT2D eigenvalue weighted by atomic mass is 32.1. The van der Waals surface area contributed by atoms with E-state index in [1.54, 1.807) is 16.2 Å². The first-order valence-corrected chi connectivity index (χ1v) is 10.3. The number of fused-ring (bicyclic) bond motifs is 1. The molecule has 4 aromatic rings. The molecule has 2 aromatic heterocycles. The highest BCUT2D eigenvalue weighted by Gasteiger charge is 2.18. The second-order valence-electron chi connectivity index (χ2n) is 6.90. The molecule has 0 bridgehead atoms. The van der Waals surface area contributed by atoms with E-state index in [1.807, 2.05) is 54.6 Å². The summed E-state index contributed by atoms with van der Waals surface area (Å²) in [5.41, 5.74) is 2.83. The smallest absolute Gasteiger partial charge is 0.302 e. The van der Waals surface area contributed by atoms with Crippen molar-refractivity contribution in [1.82, 2.24) is 14.1 Å². The summed E-state index contributed by atoms with van der Waals surface area (Å²) in [7, 11) is 1.71. The molecule has 0 spiro atoms. The van der Waals surface area contributed by atoms with E-state index in [4.69, 9.17) is 0 Å². The number of carbonyl (C=O) groups is 2. The van der Waals surface area contributed by atoms with Crippen molar-refractivity contribution in [2.45, 2.75) is 19.9 Å². The number of anilines is 1. The Kier molecular flexibility index (Phi) is 5.33. The number of rotatable bonds is 6. The van der Waals surface area contributed by atoms with Crippen LogP contribution in [0.25, 0.3) is 22.3 Å². The van der Waals surface area contributed by atoms with Gasteiger partial charge in [0.05, 0.1) is 21.6 Å². The van der Waals surface area contributed by atoms with E-state index in [0.29, 0.717) is 15.7 Å². The van der Waals surface area contributed by atoms with E-state index in [2.05, 4.69) is 10.3 Å². The number of aryl methyl sites for hydroxylation is 2. The number of nitrogens with one attached hydrogen (secondary N) is 1. The second kappa shape index (κ2) is 8.08. The summed E-state index contributed by atoms with van der Waals surface area (Å²) in [6.07, 6.45) is 0.115. The molecule has 0 saturated heterocycles. The Morgan fingerprint density at radius 2 is 1.70 bits per heavy atom. The van der Waals surface area contributed by atoms with Gasteiger partial charge in [0.2, 0.25) is 5.91 Å². The molecule has 0 aliphatic carbocycles. The van der Waals surface area contributed by atoms with Gasteiger partial charge in [-0.3, -0.25) is 18.7 Å². The van der Waals surface area contributed by atoms with E-state index < -0.39 is 0 Å². The van der Waals surface area contributed by atoms with Gasteiger partial charge < -0.3 is 5.32 Å². The minimum Gasteiger partial charge on any atom is -0.302 e. The fourth-order valence-electron chi connectivity index (χ4n) is 3.38. The quantitative estimate of drug-likeness (QED) is 0.482. The number of ketones is 1. The summed E-state index contributed by atoms with van der Waals surface area (Å²) < 4.78 is 3.16. The molecule has 0 fully saturated rings. The van der Waals surface area contributed by atoms with Crippen molar-refractivity contribution in [3.05, 3.63) is 70.0 Å². The molecule has 7 nitrogen and oxygen atoms in total. The number of para-hydroxylation sites is 2. The van der Waals surface area contributed by atoms with Crippen LogP contribution in [0, 0.1) is 0 Å². The Bertz CT molecular complexity index is 1300. The SMILES string of the molecule is CC(=O)c1sc(NC(=O)CCn2c(=O)n(C)c3ccccc32)nc1-c1ccccc1. The lowest BCUT2D eigenvalue weighted by Gasteiger charge is -2.04. The maximum atomic E-state index is 12.5. The fraction of sp³-hybridized carbons (Fsp3) is 0.182. The zero-order chi connectivity index (χ0) is 21.3. The van der Waals surface area contributed by atoms with E-state index in [9.17, 15) is 14.4 Å². The molecule has 1 amide bonds. The van der Waals surface area contributed by atoms with Gasteiger partial charge in [0.15, 0.2) is 10.9 Å². The number of hydrogen-bond acceptors (Lipinski definition) is 5. The Morgan fingerprint density at radius 1 is 1.03 bits per heavy atom. The highest BCUT2D eigenvalue weighted by molar-refractivity contribution is 7.18. The third kappa shape index (κ3) is 3.69. The van der Waals surface area contributed by atoms with Gasteiger partial charge in [0.25, 0.3) is 0 Å². The summed E-state index contributed by atoms with van der Waals surface area (Å²) in [5.74, 6) is -0.368. The minimum absolute atomic E-state index is 0.103. The lowest BCUT2D eigenvalue weighted by molar-refractivity contribution is -0.116. The zero-order valence-electron chi connectivity index (χ0n) is 16.6. The predicted octanol–water partition coefficient (Wildman–Crippen LogP) is 3.69. The van der Waals surface area contributed by atoms with Crippen molar-refractivity contribution in [3.63, 3.8) is 0 Å². The standard InChI is InChI=1S/C22H20N4O3S/c1-14(27)20-19(15-8-4-3-5-9-15)24-21(30-20)23-18(28)12-13-26-17-11-7-6-10-16(17)25(2)22(26)29/h3-11H,12-13H2,1-2H3,(H,23,24,28). The second-order valence-corrected chi connectivity index (χ2v) is 7.90. The molecule has 1 N–H and O–H groups in total. The predicted molar refractivity (Wildman–Crippen MR) is 118 cm³/mol. The van der Waals surface area contributed by atoms with Gasteiger partial charge in [0, 0.05) is 32.5 Å². The Labute approximate surface area is 176 Å². The molecule has 152 valence electrons. The van der Waals surface area contributed by atoms with Crippen molar-refractivity contribution < 1.29 is 9.59 Å². The number of Topliss-reactive ketones (excluding diaryl/α,β-unsaturated/α-hetero) is 1. The van der Waals surface area contributed by atoms with Crippen molar-refractivity contribution in [2.24, 2.45) is 7.05 Å². The molecule has 0 saturated carbocycles. The summed E-state index contributed by atoms with van der Waals surface area (Å²) in [4.78, 5) is 42.0. The van der Waals surface area contributed by atoms with Gasteiger partial charge in [-0.1, -0.05) is 53.8 Å². The molecule has 0 unspecified atom stereocenters. The topological polar surface area (TPSA) is 86.0 Å². The molecule has 4 rings (SSSR count).